The predicted octanol–water partition coefficient (Wildman–Crippen LogP) is -2.66. The van der Waals surface area contributed by atoms with Crippen molar-refractivity contribution < 1.29 is 82.4 Å². The van der Waals surface area contributed by atoms with Gasteiger partial charge in [0.2, 0.25) is 70.9 Å². The van der Waals surface area contributed by atoms with E-state index in [4.69, 9.17) is 17.2 Å². The van der Waals surface area contributed by atoms with Crippen LogP contribution in [0.5, 0.6) is 0 Å². The maximum absolute atomic E-state index is 14.8. The Bertz CT molecular complexity index is 3860. The number of aliphatic carboxylic acids is 2. The average molecular weight is 1540 g/mol. The summed E-state index contributed by atoms with van der Waals surface area (Å²) in [5, 5.41) is 58.8. The number of nitrogens with one attached hydrogen (secondary N) is 14. The molecule has 1 fully saturated rings. The second kappa shape index (κ2) is 45.6. The van der Waals surface area contributed by atoms with Gasteiger partial charge in [-0.2, -0.15) is 0 Å². The molecule has 0 radical (unpaired) electrons. The quantitative estimate of drug-likeness (QED) is 0.0177. The summed E-state index contributed by atoms with van der Waals surface area (Å²) in [6.45, 7) is 5.19. The third-order valence-corrected chi connectivity index (χ3v) is 17.9. The van der Waals surface area contributed by atoms with Gasteiger partial charge in [0.05, 0.1) is 44.8 Å². The molecule has 0 bridgehead atoms. The van der Waals surface area contributed by atoms with E-state index in [0.29, 0.717) is 52.7 Å². The first kappa shape index (κ1) is 89.4. The molecule has 2 aromatic carbocycles. The number of amides is 12. The van der Waals surface area contributed by atoms with Crippen molar-refractivity contribution in [3.63, 3.8) is 0 Å². The molecule has 37 nitrogen and oxygen atoms in total. The molecule has 1 aliphatic rings. The number of likely N-dealkylation sites (tertiary alicyclic amines) is 1. The number of carbonyl (C=O) groups is 14. The number of carboxylic acids is 2. The Balaban J connectivity index is 0.0000217. The zero-order chi connectivity index (χ0) is 79.7. The summed E-state index contributed by atoms with van der Waals surface area (Å²) in [5.41, 5.74) is 20.3. The SMILES string of the molecule is C.CC(C)C[C@H](NC(=O)[C@H](Cc1c[nH]c2ccccc12)NC(=O)[C@H](CCCCN)NC(=O)CNC(=O)[C@H](CC(C)C)NC(=O)[C@H](CO)NC(=O)[C@@H](N)Cc1cnc[nH]1)C(=O)NCC(=O)N[C@@H](Cc1cnc[nH]1)C(=O)N1CCC[C@H]1C(=O)N[C@@H](CC(=O)O)C(=O)N[C@@H](CCCCN)C(=O)N[C@H](Cc1ccccc1)C(=O)O. The van der Waals surface area contributed by atoms with Gasteiger partial charge in [0, 0.05) is 73.1 Å². The van der Waals surface area contributed by atoms with Crippen LogP contribution in [0.3, 0.4) is 0 Å². The highest BCUT2D eigenvalue weighted by molar-refractivity contribution is 6.00. The minimum atomic E-state index is -1.81. The first-order valence-electron chi connectivity index (χ1n) is 36.4. The van der Waals surface area contributed by atoms with Crippen LogP contribution < -0.4 is 75.7 Å². The fourth-order valence-corrected chi connectivity index (χ4v) is 12.3. The Labute approximate surface area is 636 Å². The lowest BCUT2D eigenvalue weighted by Gasteiger charge is -2.30. The number of nitrogens with zero attached hydrogens (tertiary/aromatic N) is 3. The van der Waals surface area contributed by atoms with Gasteiger partial charge in [-0.15, -0.1) is 0 Å². The Morgan fingerprint density at radius 3 is 1.55 bits per heavy atom. The molecule has 0 unspecified atom stereocenters. The van der Waals surface area contributed by atoms with Crippen molar-refractivity contribution in [3.8, 4) is 0 Å². The molecule has 0 spiro atoms. The van der Waals surface area contributed by atoms with Gasteiger partial charge in [-0.3, -0.25) is 62.3 Å². The zero-order valence-electron chi connectivity index (χ0n) is 61.6. The van der Waals surface area contributed by atoms with E-state index >= 15 is 0 Å². The van der Waals surface area contributed by atoms with Crippen molar-refractivity contribution >= 4 is 93.7 Å². The lowest BCUT2D eigenvalue weighted by Crippen LogP contribution is -2.59. The van der Waals surface area contributed by atoms with Gasteiger partial charge < -0.3 is 111 Å². The summed E-state index contributed by atoms with van der Waals surface area (Å²) >= 11 is 0. The molecule has 0 aliphatic carbocycles. The van der Waals surface area contributed by atoms with Crippen LogP contribution in [0.15, 0.2) is 85.8 Å². The van der Waals surface area contributed by atoms with Crippen LogP contribution in [0.2, 0.25) is 0 Å². The van der Waals surface area contributed by atoms with Crippen LogP contribution in [-0.4, -0.2) is 234 Å². The first-order valence-corrected chi connectivity index (χ1v) is 36.4. The number of aromatic nitrogens is 5. The standard InChI is InChI=1S/C72H104N20O17.CH4/c1-40(2)25-51(63(99)80-36-60(95)84-55(30-45-34-77-39-82-45)71(107)92-24-14-21-58(92)70(106)89-54(31-61(96)97)68(104)85-50(20-11-13-23-74)66(102)90-56(72(108)109)27-42-15-6-5-7-16-42)86-67(103)53(28-43-32-78-48-18-9-8-17-46(43)48)88-65(101)49(19-10-12-22-73)83-59(94)35-79-64(100)52(26-41(3)4)87-69(105)57(37-93)91-62(98)47(75)29-44-33-76-38-81-44;/h5-9,15-18,32-34,38-41,47,49-58,78,93H,10-14,19-31,35-37,73-75H2,1-4H3,(H,76,81)(H,77,82)(H,79,100)(H,80,99)(H,83,94)(H,84,95)(H,85,104)(H,86,103)(H,87,105)(H,88,101)(H,89,106)(H,90,102)(H,91,98)(H,96,97)(H,108,109);1H4/t47-,49-,50-,51-,52-,53-,54-,55-,56+,57-,58-;/m0./s1. The Morgan fingerprint density at radius 1 is 0.527 bits per heavy atom. The Kier molecular flexibility index (Phi) is 37.1. The fraction of sp³-hybridized carbons (Fsp3) is 0.534. The molecule has 1 saturated heterocycles. The van der Waals surface area contributed by atoms with Gasteiger partial charge in [-0.05, 0) is 106 Å². The number of imidazole rings is 2. The molecule has 12 amide bonds. The number of fused-ring (bicyclic) bond motifs is 1. The minimum absolute atomic E-state index is 0. The number of hydrogen-bond acceptors (Lipinski definition) is 20. The van der Waals surface area contributed by atoms with Gasteiger partial charge in [-0.25, -0.2) is 14.8 Å². The van der Waals surface area contributed by atoms with Gasteiger partial charge in [-0.1, -0.05) is 83.7 Å². The fourth-order valence-electron chi connectivity index (χ4n) is 12.3. The number of aliphatic hydroxyl groups is 1. The van der Waals surface area contributed by atoms with E-state index in [1.807, 2.05) is 0 Å². The number of carbonyl (C=O) groups excluding carboxylic acids is 12. The van der Waals surface area contributed by atoms with Crippen molar-refractivity contribution in [2.24, 2.45) is 29.0 Å². The van der Waals surface area contributed by atoms with Crippen molar-refractivity contribution in [1.82, 2.24) is 88.3 Å². The maximum atomic E-state index is 14.8. The van der Waals surface area contributed by atoms with Crippen molar-refractivity contribution in [2.75, 3.05) is 39.3 Å². The number of nitrogens with two attached hydrogens (primary N) is 3. The number of carboxylic acid groups (broad SMARTS) is 2. The van der Waals surface area contributed by atoms with Crippen LogP contribution in [-0.2, 0) is 92.8 Å². The number of aliphatic hydroxyl groups excluding tert-OH is 1. The largest absolute Gasteiger partial charge is 0.481 e. The molecule has 23 N–H and O–H groups in total. The molecule has 1 aliphatic heterocycles. The molecule has 4 heterocycles. The molecular weight excluding hydrogens is 1430 g/mol. The maximum Gasteiger partial charge on any atom is 0.326 e. The van der Waals surface area contributed by atoms with Crippen LogP contribution in [0, 0.1) is 11.8 Å². The van der Waals surface area contributed by atoms with Crippen LogP contribution >= 0.6 is 0 Å². The van der Waals surface area contributed by atoms with E-state index < -0.39 is 175 Å². The summed E-state index contributed by atoms with van der Waals surface area (Å²) in [5.74, 6) is -13.8. The zero-order valence-corrected chi connectivity index (χ0v) is 61.6. The van der Waals surface area contributed by atoms with E-state index in [1.54, 1.807) is 88.5 Å². The van der Waals surface area contributed by atoms with E-state index in [-0.39, 0.29) is 110 Å². The summed E-state index contributed by atoms with van der Waals surface area (Å²) in [6, 6.07) is 0.215. The molecule has 602 valence electrons. The molecule has 6 rings (SSSR count). The number of unbranched alkanes of at least 4 members (excludes halogenated alkanes) is 2. The smallest absolute Gasteiger partial charge is 0.326 e. The van der Waals surface area contributed by atoms with Gasteiger partial charge in [0.1, 0.15) is 60.4 Å². The normalized spacial score (nSPS) is 15.3. The Hall–Kier alpha value is -11.2. The van der Waals surface area contributed by atoms with E-state index in [0.717, 1.165) is 4.90 Å². The minimum Gasteiger partial charge on any atom is -0.481 e. The topological polar surface area (TPSA) is 586 Å². The lowest BCUT2D eigenvalue weighted by molar-refractivity contribution is -0.144. The molecule has 37 heteroatoms. The summed E-state index contributed by atoms with van der Waals surface area (Å²) < 4.78 is 0. The Morgan fingerprint density at radius 2 is 1.02 bits per heavy atom. The third-order valence-electron chi connectivity index (χ3n) is 17.9. The number of H-pyrrole nitrogens is 3. The van der Waals surface area contributed by atoms with E-state index in [9.17, 15) is 82.4 Å². The van der Waals surface area contributed by atoms with Crippen LogP contribution in [0.4, 0.5) is 0 Å². The third kappa shape index (κ3) is 29.1. The summed E-state index contributed by atoms with van der Waals surface area (Å²) in [6.07, 6.45) is 7.56. The highest BCUT2D eigenvalue weighted by Crippen LogP contribution is 2.23. The molecule has 3 aromatic heterocycles. The highest BCUT2D eigenvalue weighted by Gasteiger charge is 2.41. The predicted molar refractivity (Wildman–Crippen MR) is 401 cm³/mol. The molecule has 110 heavy (non-hydrogen) atoms. The van der Waals surface area contributed by atoms with Gasteiger partial charge in [0.15, 0.2) is 0 Å². The monoisotopic (exact) mass is 1540 g/mol. The van der Waals surface area contributed by atoms with E-state index in [1.165, 1.54) is 25.0 Å². The average Bonchev–Trinajstić information content (AvgIpc) is 1.65. The summed E-state index contributed by atoms with van der Waals surface area (Å²) in [7, 11) is 0. The van der Waals surface area contributed by atoms with Crippen molar-refractivity contribution in [3.05, 3.63) is 108 Å². The number of aromatic amines is 3. The number of rotatable bonds is 47. The molecular formula is C73H108N20O17. The lowest BCUT2D eigenvalue weighted by atomic mass is 10.00. The number of benzene rings is 2. The number of hydrogen-bond donors (Lipinski definition) is 20. The van der Waals surface area contributed by atoms with Crippen LogP contribution in [0.25, 0.3) is 10.9 Å². The highest BCUT2D eigenvalue weighted by atomic mass is 16.4. The summed E-state index contributed by atoms with van der Waals surface area (Å²) in [4.78, 5) is 211. The van der Waals surface area contributed by atoms with Crippen LogP contribution in [0.1, 0.15) is 128 Å². The molecule has 0 saturated carbocycles. The second-order valence-corrected chi connectivity index (χ2v) is 27.7. The molecule has 11 atom stereocenters. The first-order chi connectivity index (χ1) is 52.1. The van der Waals surface area contributed by atoms with Crippen molar-refractivity contribution in [1.29, 1.82) is 0 Å². The van der Waals surface area contributed by atoms with Gasteiger partial charge >= 0.3 is 11.9 Å². The van der Waals surface area contributed by atoms with Gasteiger partial charge in [0.25, 0.3) is 0 Å². The number of para-hydroxylation sites is 1. The van der Waals surface area contributed by atoms with E-state index in [2.05, 4.69) is 83.4 Å². The molecule has 5 aromatic rings. The van der Waals surface area contributed by atoms with Crippen molar-refractivity contribution in [2.45, 2.75) is 198 Å². The second-order valence-electron chi connectivity index (χ2n) is 27.7.